The van der Waals surface area contributed by atoms with E-state index < -0.39 is 31.1 Å². The highest BCUT2D eigenvalue weighted by Gasteiger charge is 2.44. The van der Waals surface area contributed by atoms with Gasteiger partial charge in [0.1, 0.15) is 28.9 Å². The van der Waals surface area contributed by atoms with E-state index >= 15 is 0 Å². The molecule has 0 aromatic carbocycles. The lowest BCUT2D eigenvalue weighted by Gasteiger charge is -2.16. The highest BCUT2D eigenvalue weighted by atomic mass is 32.2. The fourth-order valence-electron chi connectivity index (χ4n) is 2.50. The first-order valence-corrected chi connectivity index (χ1v) is 8.30. The van der Waals surface area contributed by atoms with Crippen LogP contribution in [0.3, 0.4) is 0 Å². The minimum Gasteiger partial charge on any atom is -0.394 e. The van der Waals surface area contributed by atoms with Gasteiger partial charge in [-0.25, -0.2) is 9.97 Å². The van der Waals surface area contributed by atoms with Crippen LogP contribution in [-0.2, 0) is 4.74 Å². The van der Waals surface area contributed by atoms with E-state index in [1.165, 1.54) is 22.7 Å². The number of aliphatic hydroxyl groups is 3. The number of hydrogen-bond donors (Lipinski definition) is 4. The van der Waals surface area contributed by atoms with Gasteiger partial charge in [0, 0.05) is 0 Å². The van der Waals surface area contributed by atoms with Crippen molar-refractivity contribution in [1.82, 2.24) is 19.5 Å². The van der Waals surface area contributed by atoms with E-state index in [9.17, 15) is 15.3 Å². The van der Waals surface area contributed by atoms with Crippen LogP contribution in [0.5, 0.6) is 0 Å². The number of nitrogens with zero attached hydrogens (tertiary/aromatic N) is 4. The predicted molar refractivity (Wildman–Crippen MR) is 83.8 cm³/mol. The summed E-state index contributed by atoms with van der Waals surface area (Å²) in [7, 11) is 0. The molecule has 10 heteroatoms. The summed E-state index contributed by atoms with van der Waals surface area (Å²) in [6.07, 6.45) is -1.70. The first kappa shape index (κ1) is 16.4. The Balaban J connectivity index is 2.01. The van der Waals surface area contributed by atoms with Gasteiger partial charge in [-0.15, -0.1) is 11.8 Å². The zero-order valence-corrected chi connectivity index (χ0v) is 13.3. The second kappa shape index (κ2) is 6.57. The fourth-order valence-corrected chi connectivity index (χ4v) is 3.34. The van der Waals surface area contributed by atoms with Gasteiger partial charge >= 0.3 is 0 Å². The molecule has 2 aromatic rings. The van der Waals surface area contributed by atoms with Crippen molar-refractivity contribution in [3.05, 3.63) is 6.33 Å². The van der Waals surface area contributed by atoms with E-state index in [1.54, 1.807) is 0 Å². The zero-order valence-electron chi connectivity index (χ0n) is 12.5. The molecule has 1 aliphatic rings. The number of aliphatic hydroxyl groups excluding tert-OH is 3. The van der Waals surface area contributed by atoms with Crippen molar-refractivity contribution >= 4 is 28.9 Å². The summed E-state index contributed by atoms with van der Waals surface area (Å²) in [5.74, 6) is 0.969. The smallest absolute Gasteiger partial charge is 0.223 e. The summed E-state index contributed by atoms with van der Waals surface area (Å²) in [6.45, 7) is 1.67. The third kappa shape index (κ3) is 2.88. The van der Waals surface area contributed by atoms with Crippen molar-refractivity contribution in [2.24, 2.45) is 0 Å². The predicted octanol–water partition coefficient (Wildman–Crippen LogP) is -0.478. The van der Waals surface area contributed by atoms with E-state index in [2.05, 4.69) is 21.9 Å². The van der Waals surface area contributed by atoms with Crippen LogP contribution in [-0.4, -0.2) is 65.5 Å². The molecule has 0 saturated carbocycles. The number of anilines is 1. The van der Waals surface area contributed by atoms with Crippen molar-refractivity contribution in [3.8, 4) is 0 Å². The van der Waals surface area contributed by atoms with Crippen LogP contribution in [0, 0.1) is 0 Å². The molecule has 9 nitrogen and oxygen atoms in total. The molecule has 1 saturated heterocycles. The second-order valence-electron chi connectivity index (χ2n) is 5.29. The molecule has 3 heterocycles. The van der Waals surface area contributed by atoms with Crippen molar-refractivity contribution < 1.29 is 20.1 Å². The third-order valence-electron chi connectivity index (χ3n) is 3.64. The lowest BCUT2D eigenvalue weighted by molar-refractivity contribution is -0.0511. The molecule has 0 amide bonds. The molecule has 0 spiro atoms. The Morgan fingerprint density at radius 3 is 2.78 bits per heavy atom. The summed E-state index contributed by atoms with van der Waals surface area (Å²) >= 11 is 1.53. The molecule has 0 aliphatic carbocycles. The number of imidazole rings is 1. The molecular formula is C13H19N5O4S. The van der Waals surface area contributed by atoms with Gasteiger partial charge in [0.15, 0.2) is 11.9 Å². The lowest BCUT2D eigenvalue weighted by Crippen LogP contribution is -2.33. The Labute approximate surface area is 136 Å². The van der Waals surface area contributed by atoms with Gasteiger partial charge in [0.05, 0.1) is 12.9 Å². The molecule has 1 fully saturated rings. The standard InChI is InChI=1S/C13H19N5O4S/c1-2-3-23-11-7-10(16-13(14)17-11)18(5-15-7)12-9(21)8(20)6(4-19)22-12/h5-6,8-9,12,19-21H,2-4H2,1H3,(H2,14,16,17)/t6-,8+,9-,12-/m0/s1. The molecule has 23 heavy (non-hydrogen) atoms. The lowest BCUT2D eigenvalue weighted by atomic mass is 10.1. The van der Waals surface area contributed by atoms with Crippen molar-refractivity contribution in [2.45, 2.75) is 42.9 Å². The van der Waals surface area contributed by atoms with Crippen LogP contribution in [0.1, 0.15) is 19.6 Å². The maximum absolute atomic E-state index is 10.2. The molecule has 5 N–H and O–H groups in total. The van der Waals surface area contributed by atoms with E-state index in [0.29, 0.717) is 16.2 Å². The Hall–Kier alpha value is -1.46. The number of aromatic nitrogens is 4. The van der Waals surface area contributed by atoms with Gasteiger partial charge in [-0.05, 0) is 12.2 Å². The van der Waals surface area contributed by atoms with Crippen LogP contribution < -0.4 is 5.73 Å². The average Bonchev–Trinajstić information content (AvgIpc) is 3.07. The Morgan fingerprint density at radius 2 is 2.13 bits per heavy atom. The first-order chi connectivity index (χ1) is 11.1. The zero-order chi connectivity index (χ0) is 16.6. The number of thioether (sulfide) groups is 1. The SMILES string of the molecule is CCCSc1nc(N)nc2c1ncn2[C@H]1O[C@@H](CO)[C@@H](O)[C@@H]1O. The van der Waals surface area contributed by atoms with Gasteiger partial charge in [-0.1, -0.05) is 6.92 Å². The van der Waals surface area contributed by atoms with E-state index in [1.807, 2.05) is 0 Å². The third-order valence-corrected chi connectivity index (χ3v) is 4.81. The Kier molecular flexibility index (Phi) is 4.69. The van der Waals surface area contributed by atoms with Gasteiger partial charge in [-0.3, -0.25) is 4.57 Å². The molecule has 0 radical (unpaired) electrons. The first-order valence-electron chi connectivity index (χ1n) is 7.32. The van der Waals surface area contributed by atoms with Crippen LogP contribution in [0.15, 0.2) is 11.4 Å². The number of nitrogen functional groups attached to an aromatic ring is 1. The topological polar surface area (TPSA) is 140 Å². The summed E-state index contributed by atoms with van der Waals surface area (Å²) in [5.41, 5.74) is 6.76. The quantitative estimate of drug-likeness (QED) is 0.419. The molecule has 4 atom stereocenters. The summed E-state index contributed by atoms with van der Waals surface area (Å²) in [5, 5.41) is 29.9. The molecular weight excluding hydrogens is 322 g/mol. The molecule has 1 aliphatic heterocycles. The average molecular weight is 341 g/mol. The minimum atomic E-state index is -1.20. The van der Waals surface area contributed by atoms with Gasteiger partial charge < -0.3 is 25.8 Å². The van der Waals surface area contributed by atoms with Crippen molar-refractivity contribution in [3.63, 3.8) is 0 Å². The molecule has 0 bridgehead atoms. The Morgan fingerprint density at radius 1 is 1.35 bits per heavy atom. The van der Waals surface area contributed by atoms with Gasteiger partial charge in [0.2, 0.25) is 5.95 Å². The summed E-state index contributed by atoms with van der Waals surface area (Å²) < 4.78 is 7.02. The van der Waals surface area contributed by atoms with Crippen LogP contribution in [0.4, 0.5) is 5.95 Å². The minimum absolute atomic E-state index is 0.101. The molecule has 126 valence electrons. The van der Waals surface area contributed by atoms with E-state index in [0.717, 1.165) is 12.2 Å². The summed E-state index contributed by atoms with van der Waals surface area (Å²) in [4.78, 5) is 12.7. The molecule has 0 unspecified atom stereocenters. The summed E-state index contributed by atoms with van der Waals surface area (Å²) in [6, 6.07) is 0. The van der Waals surface area contributed by atoms with Crippen molar-refractivity contribution in [2.75, 3.05) is 18.1 Å². The van der Waals surface area contributed by atoms with E-state index in [4.69, 9.17) is 10.5 Å². The van der Waals surface area contributed by atoms with Crippen LogP contribution in [0.25, 0.3) is 11.2 Å². The van der Waals surface area contributed by atoms with E-state index in [-0.39, 0.29) is 5.95 Å². The van der Waals surface area contributed by atoms with Gasteiger partial charge in [0.25, 0.3) is 0 Å². The molecule has 3 rings (SSSR count). The van der Waals surface area contributed by atoms with Crippen LogP contribution in [0.2, 0.25) is 0 Å². The van der Waals surface area contributed by atoms with Crippen molar-refractivity contribution in [1.29, 1.82) is 0 Å². The second-order valence-corrected chi connectivity index (χ2v) is 6.37. The highest BCUT2D eigenvalue weighted by Crippen LogP contribution is 2.33. The van der Waals surface area contributed by atoms with Gasteiger partial charge in [-0.2, -0.15) is 4.98 Å². The monoisotopic (exact) mass is 341 g/mol. The number of nitrogens with two attached hydrogens (primary N) is 1. The number of rotatable bonds is 5. The largest absolute Gasteiger partial charge is 0.394 e. The molecule has 2 aromatic heterocycles. The highest BCUT2D eigenvalue weighted by molar-refractivity contribution is 7.99. The fraction of sp³-hybridized carbons (Fsp3) is 0.615. The number of ether oxygens (including phenoxy) is 1. The maximum atomic E-state index is 10.2. The Bertz CT molecular complexity index is 696. The number of hydrogen-bond acceptors (Lipinski definition) is 9. The number of fused-ring (bicyclic) bond motifs is 1. The van der Waals surface area contributed by atoms with Crippen LogP contribution >= 0.6 is 11.8 Å². The normalized spacial score (nSPS) is 27.8. The maximum Gasteiger partial charge on any atom is 0.223 e.